The summed E-state index contributed by atoms with van der Waals surface area (Å²) in [5.74, 6) is 2.55. The zero-order valence-electron chi connectivity index (χ0n) is 82.4. The van der Waals surface area contributed by atoms with Gasteiger partial charge in [0.25, 0.3) is 27.8 Å². The summed E-state index contributed by atoms with van der Waals surface area (Å²) in [6, 6.07) is 42.8. The number of hydrogen-bond acceptors (Lipinski definition) is 31. The molecule has 2 atom stereocenters. The molecule has 24 rings (SSSR count). The number of halogens is 2. The quantitative estimate of drug-likeness (QED) is 0.0424. The number of aromatic nitrogens is 28. The highest BCUT2D eigenvalue weighted by atomic mass is 35.5. The van der Waals surface area contributed by atoms with Gasteiger partial charge in [-0.15, -0.1) is 31.9 Å². The molecule has 0 saturated heterocycles. The maximum absolute atomic E-state index is 15.2. The predicted molar refractivity (Wildman–Crippen MR) is 543 cm³/mol. The summed E-state index contributed by atoms with van der Waals surface area (Å²) < 4.78 is 65.4. The average molecular weight is 2050 g/mol. The molecule has 44 nitrogen and oxygen atoms in total. The third kappa shape index (κ3) is 20.9. The van der Waals surface area contributed by atoms with Crippen molar-refractivity contribution in [3.63, 3.8) is 0 Å². The normalized spacial score (nSPS) is 17.6. The monoisotopic (exact) mass is 2050 g/mol. The van der Waals surface area contributed by atoms with Crippen molar-refractivity contribution in [2.24, 2.45) is 21.1 Å². The molecule has 0 unspecified atom stereocenters. The Balaban J connectivity index is 0.000000113. The van der Waals surface area contributed by atoms with E-state index in [0.717, 1.165) is 72.9 Å². The van der Waals surface area contributed by atoms with Crippen LogP contribution in [-0.2, 0) is 66.1 Å². The molecular formula is C104H98ClFN28O16. The van der Waals surface area contributed by atoms with Crippen LogP contribution in [0.1, 0.15) is 191 Å². The van der Waals surface area contributed by atoms with E-state index in [0.29, 0.717) is 87.4 Å². The van der Waals surface area contributed by atoms with Crippen LogP contribution in [0, 0.1) is 47.0 Å². The summed E-state index contributed by atoms with van der Waals surface area (Å²) in [5.41, 5.74) is 10.5. The first kappa shape index (κ1) is 99.4. The Hall–Kier alpha value is -18.0. The molecule has 0 radical (unpaired) electrons. The summed E-state index contributed by atoms with van der Waals surface area (Å²) in [7, 11) is 5.18. The first-order valence-electron chi connectivity index (χ1n) is 48.3. The largest absolute Gasteiger partial charge is 0.494 e. The molecule has 4 aliphatic carbocycles. The van der Waals surface area contributed by atoms with E-state index in [1.807, 2.05) is 80.6 Å². The van der Waals surface area contributed by atoms with Crippen molar-refractivity contribution >= 4 is 67.2 Å². The van der Waals surface area contributed by atoms with Crippen molar-refractivity contribution in [3.05, 3.63) is 391 Å². The fourth-order valence-electron chi connectivity index (χ4n) is 19.2. The van der Waals surface area contributed by atoms with Gasteiger partial charge in [-0.25, -0.2) is 78.2 Å². The molecule has 764 valence electrons. The van der Waals surface area contributed by atoms with Crippen molar-refractivity contribution in [2.75, 3.05) is 6.61 Å². The van der Waals surface area contributed by atoms with E-state index in [1.54, 1.807) is 66.4 Å². The van der Waals surface area contributed by atoms with Gasteiger partial charge in [-0.2, -0.15) is 23.4 Å². The van der Waals surface area contributed by atoms with Crippen LogP contribution in [0.15, 0.2) is 267 Å². The van der Waals surface area contributed by atoms with Gasteiger partial charge in [0, 0.05) is 58.4 Å². The Morgan fingerprint density at radius 1 is 0.393 bits per heavy atom. The third-order valence-corrected chi connectivity index (χ3v) is 27.7. The van der Waals surface area contributed by atoms with Gasteiger partial charge < -0.3 is 40.5 Å². The Bertz CT molecular complexity index is 9210. The molecule has 20 aromatic rings. The molecule has 4 saturated carbocycles. The minimum absolute atomic E-state index is 0.00471. The number of nitrogens with zero attached hydrogens (tertiary/aromatic N) is 28. The lowest BCUT2D eigenvalue weighted by Crippen LogP contribution is -2.42. The number of imidazole rings is 3. The maximum Gasteiger partial charge on any atom is 0.437 e. The molecule has 4 fully saturated rings. The highest BCUT2D eigenvalue weighted by Crippen LogP contribution is 2.51. The molecule has 0 bridgehead atoms. The van der Waals surface area contributed by atoms with E-state index in [1.165, 1.54) is 131 Å². The molecule has 4 aliphatic rings. The van der Waals surface area contributed by atoms with E-state index in [-0.39, 0.29) is 137 Å². The van der Waals surface area contributed by atoms with Gasteiger partial charge in [0.2, 0.25) is 29.5 Å². The minimum atomic E-state index is -1.49. The summed E-state index contributed by atoms with van der Waals surface area (Å²) in [6.07, 6.45) is 26.8. The molecular weight excluding hydrogens is 1950 g/mol. The molecule has 15 aromatic heterocycles. The molecule has 150 heavy (non-hydrogen) atoms. The van der Waals surface area contributed by atoms with Gasteiger partial charge >= 0.3 is 28.8 Å². The standard InChI is InChI=1S/C22H20FN5O3.C21H18ClN5O3.C21H22N6O3.C21H18N6O3.C19H20N6O4/c1-13-4-3-5-15(8-13)22(23)9-16(10-22)28-21(30)31-17(26-28)11-27-12-25-19-18(20(27)29)14(2)6-7-24-19;1-12-2-4-13(5-3-12)14-8-15(9-14)27-21(29)30-17(25-27)10-26-11-24-19-18(20(26)28)16(22)6-7-23-19;1-13-4-3-5-14(8-13)15-6-7-16(9-15)27-21(29)30-17(24-27)10-26-12-23-19-18(20(26)28)25(2)11-22-19;1-3-13-4-6-14(7-5-13)15-8-16(9-15)27-21(29)30-17(24-27)10-26-12-23-19-18(20(26)28)25(2)11-22-19;1-13-5-3-6-14(9-13)28-8-4-7-25-19(27)29-15(22-25)10-24-12-21-17-16(18(24)26)23(2)11-20-17/h3-8,12,16H,9-11H2,1-2H3;2-7,11,14-15H,8-10H2,1H3;3-5,8,11-12,15-16H,6-7,9-10H2,1-2H3;1,4-7,11-12,15-16H,8-10H2,2H3;3,5-6,9,11-12H,4,7-8,10H2,1-2H3/t;;15-,16-;;/m..1../s1. The number of rotatable bonds is 23. The van der Waals surface area contributed by atoms with Crippen LogP contribution in [-0.4, -0.2) is 142 Å². The van der Waals surface area contributed by atoms with Crippen LogP contribution in [0.4, 0.5) is 4.39 Å². The van der Waals surface area contributed by atoms with Crippen LogP contribution in [0.2, 0.25) is 5.02 Å². The number of pyridine rings is 2. The van der Waals surface area contributed by atoms with Crippen molar-refractivity contribution in [2.45, 2.75) is 186 Å². The number of hydrogen-bond donors (Lipinski definition) is 0. The number of ether oxygens (including phenoxy) is 1. The topological polar surface area (TPSA) is 503 Å². The second-order valence-electron chi connectivity index (χ2n) is 37.9. The van der Waals surface area contributed by atoms with Crippen LogP contribution < -0.4 is 61.3 Å². The summed E-state index contributed by atoms with van der Waals surface area (Å²) in [5, 5.41) is 22.3. The van der Waals surface area contributed by atoms with E-state index in [2.05, 4.69) is 144 Å². The van der Waals surface area contributed by atoms with Crippen molar-refractivity contribution in [1.29, 1.82) is 0 Å². The van der Waals surface area contributed by atoms with Crippen LogP contribution in [0.25, 0.3) is 55.6 Å². The molecule has 0 amide bonds. The fourth-order valence-corrected chi connectivity index (χ4v) is 19.4. The lowest BCUT2D eigenvalue weighted by Gasteiger charge is -2.41. The smallest absolute Gasteiger partial charge is 0.437 e. The SMILES string of the molecule is C#Cc1ccc(C2CC(n3nc(Cn4cnc5ncn(C)c5c4=O)oc3=O)C2)cc1.Cc1ccc(C2CC(n3nc(Cn4cnc5nccc(Cl)c5c4=O)oc3=O)C2)cc1.Cc1cccc(C2(F)CC(n3nc(Cn4cnc5nccc(C)c5c4=O)oc3=O)C2)c1.Cc1cccc(OCCCn2nc(Cn3cnc4ncn(C)c4c3=O)oc2=O)c1.Cc1cccc([C@@H]2CC[C@@H](n3nc(Cn4cnc5ncn(C)c5c4=O)oc3=O)C2)c1. The Morgan fingerprint density at radius 3 is 1.27 bits per heavy atom. The summed E-state index contributed by atoms with van der Waals surface area (Å²) >= 11 is 6.12. The first-order valence-corrected chi connectivity index (χ1v) is 48.7. The molecule has 15 heterocycles. The van der Waals surface area contributed by atoms with Gasteiger partial charge in [-0.1, -0.05) is 131 Å². The van der Waals surface area contributed by atoms with Crippen molar-refractivity contribution < 1.29 is 31.2 Å². The molecule has 5 aromatic carbocycles. The second kappa shape index (κ2) is 41.9. The van der Waals surface area contributed by atoms with Crippen molar-refractivity contribution in [3.8, 4) is 18.1 Å². The maximum atomic E-state index is 15.2. The van der Waals surface area contributed by atoms with Gasteiger partial charge in [0.15, 0.2) is 44.8 Å². The lowest BCUT2D eigenvalue weighted by atomic mass is 9.72. The summed E-state index contributed by atoms with van der Waals surface area (Å²) in [6.45, 7) is 10.7. The van der Waals surface area contributed by atoms with Gasteiger partial charge in [-0.05, 0) is 167 Å². The molecule has 0 spiro atoms. The number of alkyl halides is 1. The molecule has 46 heteroatoms. The fraction of sp³-hybridized carbons (Fsp3) is 0.317. The van der Waals surface area contributed by atoms with Crippen LogP contribution >= 0.6 is 11.6 Å². The van der Waals surface area contributed by atoms with E-state index in [4.69, 9.17) is 44.8 Å². The number of benzene rings is 5. The van der Waals surface area contributed by atoms with E-state index >= 15 is 4.39 Å². The van der Waals surface area contributed by atoms with Gasteiger partial charge in [0.1, 0.15) is 81.2 Å². The van der Waals surface area contributed by atoms with Gasteiger partial charge in [-0.3, -0.25) is 46.8 Å². The van der Waals surface area contributed by atoms with Gasteiger partial charge in [0.05, 0.1) is 66.7 Å². The number of terminal acetylenes is 1. The Morgan fingerprint density at radius 2 is 0.793 bits per heavy atom. The summed E-state index contributed by atoms with van der Waals surface area (Å²) in [4.78, 5) is 166. The van der Waals surface area contributed by atoms with Crippen molar-refractivity contribution in [1.82, 2.24) is 135 Å². The average Bonchev–Trinajstić information content (AvgIpc) is 1.37. The highest BCUT2D eigenvalue weighted by Gasteiger charge is 2.49. The number of aryl methyl sites for hydroxylation is 9. The first-order chi connectivity index (χ1) is 72.4. The van der Waals surface area contributed by atoms with E-state index < -0.39 is 40.5 Å². The zero-order valence-corrected chi connectivity index (χ0v) is 83.2. The third-order valence-electron chi connectivity index (χ3n) is 27.4. The molecule has 0 N–H and O–H groups in total. The second-order valence-corrected chi connectivity index (χ2v) is 38.3. The highest BCUT2D eigenvalue weighted by molar-refractivity contribution is 6.35. The predicted octanol–water partition coefficient (Wildman–Crippen LogP) is 10.6. The Labute approximate surface area is 851 Å². The minimum Gasteiger partial charge on any atom is -0.494 e. The molecule has 0 aliphatic heterocycles. The van der Waals surface area contributed by atoms with Crippen LogP contribution in [0.3, 0.4) is 0 Å². The zero-order chi connectivity index (χ0) is 105. The number of fused-ring (bicyclic) bond motifs is 5. The lowest BCUT2D eigenvalue weighted by molar-refractivity contribution is 0.00173. The van der Waals surface area contributed by atoms with Crippen LogP contribution in [0.5, 0.6) is 5.75 Å². The van der Waals surface area contributed by atoms with E-state index in [9.17, 15) is 47.9 Å². The Kier molecular flexibility index (Phi) is 27.7.